The van der Waals surface area contributed by atoms with E-state index in [0.717, 1.165) is 0 Å². The zero-order chi connectivity index (χ0) is 10.4. The Morgan fingerprint density at radius 2 is 2.71 bits per heavy atom. The first kappa shape index (κ1) is 9.73. The second kappa shape index (κ2) is 4.61. The van der Waals surface area contributed by atoms with Gasteiger partial charge in [0, 0.05) is 6.20 Å². The molecule has 72 valence electrons. The third-order valence-corrected chi connectivity index (χ3v) is 1.24. The molecule has 1 aromatic heterocycles. The molecule has 2 N–H and O–H groups in total. The number of nitrogens with one attached hydrogen (secondary N) is 1. The highest BCUT2D eigenvalue weighted by molar-refractivity contribution is 6.21. The minimum atomic E-state index is -1.25. The van der Waals surface area contributed by atoms with Crippen LogP contribution in [0.15, 0.2) is 17.4 Å². The number of carboxylic acid groups (broad SMARTS) is 1. The van der Waals surface area contributed by atoms with Gasteiger partial charge in [0.25, 0.3) is 6.10 Å². The third-order valence-electron chi connectivity index (χ3n) is 1.24. The van der Waals surface area contributed by atoms with Crippen molar-refractivity contribution in [3.8, 4) is 6.07 Å². The molecule has 1 aromatic rings. The number of oxime groups is 1. The first-order chi connectivity index (χ1) is 6.74. The maximum Gasteiger partial charge on any atom is 0.350 e. The number of H-pyrrole nitrogens is 1. The molecule has 0 saturated heterocycles. The summed E-state index contributed by atoms with van der Waals surface area (Å²) in [5, 5.41) is 26.1. The summed E-state index contributed by atoms with van der Waals surface area (Å²) in [6.45, 7) is 0. The maximum atomic E-state index is 10.0. The number of aromatic amines is 1. The standard InChI is InChI=1S/C7H6N4O3/c8-3-6(5-1-2-9-11-5)14-10-4-7(12)13/h1-2,4,6H,(H,9,11)(H,12,13). The van der Waals surface area contributed by atoms with Crippen LogP contribution in [0.2, 0.25) is 0 Å². The Balaban J connectivity index is 2.58. The number of nitriles is 1. The number of aliphatic carboxylic acids is 1. The zero-order valence-corrected chi connectivity index (χ0v) is 6.91. The maximum absolute atomic E-state index is 10.0. The Bertz CT molecular complexity index is 365. The van der Waals surface area contributed by atoms with Crippen molar-refractivity contribution in [2.45, 2.75) is 6.10 Å². The number of nitrogens with zero attached hydrogens (tertiary/aromatic N) is 3. The molecule has 1 rings (SSSR count). The number of hydrogen-bond acceptors (Lipinski definition) is 5. The van der Waals surface area contributed by atoms with E-state index in [-0.39, 0.29) is 0 Å². The fraction of sp³-hybridized carbons (Fsp3) is 0.143. The van der Waals surface area contributed by atoms with Crippen LogP contribution < -0.4 is 0 Å². The van der Waals surface area contributed by atoms with Crippen LogP contribution in [0.4, 0.5) is 0 Å². The lowest BCUT2D eigenvalue weighted by molar-refractivity contribution is -0.129. The van der Waals surface area contributed by atoms with E-state index in [1.165, 1.54) is 12.3 Å². The van der Waals surface area contributed by atoms with Crippen molar-refractivity contribution in [1.82, 2.24) is 10.2 Å². The highest BCUT2D eigenvalue weighted by Crippen LogP contribution is 2.12. The SMILES string of the molecule is N#CC(ON=CC(=O)O)c1cc[nH]n1. The molecular weight excluding hydrogens is 188 g/mol. The molecule has 0 bridgehead atoms. The van der Waals surface area contributed by atoms with Crippen LogP contribution in [0.25, 0.3) is 0 Å². The van der Waals surface area contributed by atoms with Crippen molar-refractivity contribution >= 4 is 12.2 Å². The minimum Gasteiger partial charge on any atom is -0.477 e. The van der Waals surface area contributed by atoms with Crippen LogP contribution in [-0.2, 0) is 9.63 Å². The second-order valence-corrected chi connectivity index (χ2v) is 2.19. The van der Waals surface area contributed by atoms with Crippen molar-refractivity contribution in [3.63, 3.8) is 0 Å². The van der Waals surface area contributed by atoms with Crippen molar-refractivity contribution < 1.29 is 14.7 Å². The molecular formula is C7H6N4O3. The molecule has 0 amide bonds. The van der Waals surface area contributed by atoms with E-state index in [4.69, 9.17) is 10.4 Å². The molecule has 1 heterocycles. The monoisotopic (exact) mass is 194 g/mol. The molecule has 0 saturated carbocycles. The van der Waals surface area contributed by atoms with Crippen LogP contribution in [0.5, 0.6) is 0 Å². The van der Waals surface area contributed by atoms with Gasteiger partial charge in [0.1, 0.15) is 11.8 Å². The smallest absolute Gasteiger partial charge is 0.350 e. The Kier molecular flexibility index (Phi) is 3.20. The summed E-state index contributed by atoms with van der Waals surface area (Å²) < 4.78 is 0. The average Bonchev–Trinajstić information content (AvgIpc) is 2.64. The lowest BCUT2D eigenvalue weighted by atomic mass is 10.3. The van der Waals surface area contributed by atoms with E-state index in [1.807, 2.05) is 0 Å². The van der Waals surface area contributed by atoms with Crippen LogP contribution in [0, 0.1) is 11.3 Å². The first-order valence-corrected chi connectivity index (χ1v) is 3.55. The fourth-order valence-corrected chi connectivity index (χ4v) is 0.698. The lowest BCUT2D eigenvalue weighted by Crippen LogP contribution is -2.01. The topological polar surface area (TPSA) is 111 Å². The second-order valence-electron chi connectivity index (χ2n) is 2.19. The van der Waals surface area contributed by atoms with Gasteiger partial charge in [-0.05, 0) is 6.07 Å². The van der Waals surface area contributed by atoms with Gasteiger partial charge >= 0.3 is 5.97 Å². The van der Waals surface area contributed by atoms with Crippen LogP contribution in [-0.4, -0.2) is 27.5 Å². The molecule has 0 aliphatic heterocycles. The molecule has 7 heteroatoms. The normalized spacial score (nSPS) is 12.2. The van der Waals surface area contributed by atoms with Gasteiger partial charge in [0.05, 0.1) is 0 Å². The Labute approximate surface area is 78.6 Å². The predicted octanol–water partition coefficient (Wildman–Crippen LogP) is 0.0614. The Morgan fingerprint density at radius 1 is 1.93 bits per heavy atom. The van der Waals surface area contributed by atoms with E-state index in [1.54, 1.807) is 6.07 Å². The summed E-state index contributed by atoms with van der Waals surface area (Å²) in [6.07, 6.45) is 1.07. The summed E-state index contributed by atoms with van der Waals surface area (Å²) in [4.78, 5) is 14.6. The number of rotatable bonds is 4. The minimum absolute atomic E-state index is 0.343. The van der Waals surface area contributed by atoms with Crippen LogP contribution in [0.3, 0.4) is 0 Å². The van der Waals surface area contributed by atoms with Gasteiger partial charge in [-0.2, -0.15) is 10.4 Å². The van der Waals surface area contributed by atoms with Crippen molar-refractivity contribution in [1.29, 1.82) is 5.26 Å². The van der Waals surface area contributed by atoms with Crippen LogP contribution in [0.1, 0.15) is 11.8 Å². The Hall–Kier alpha value is -2.36. The van der Waals surface area contributed by atoms with Crippen molar-refractivity contribution in [2.75, 3.05) is 0 Å². The summed E-state index contributed by atoms with van der Waals surface area (Å²) in [5.74, 6) is -1.25. The fourth-order valence-electron chi connectivity index (χ4n) is 0.698. The van der Waals surface area contributed by atoms with Crippen LogP contribution >= 0.6 is 0 Å². The molecule has 7 nitrogen and oxygen atoms in total. The molecule has 1 atom stereocenters. The van der Waals surface area contributed by atoms with Crippen molar-refractivity contribution in [2.24, 2.45) is 5.16 Å². The quantitative estimate of drug-likeness (QED) is 0.520. The number of carbonyl (C=O) groups is 1. The van der Waals surface area contributed by atoms with E-state index >= 15 is 0 Å². The van der Waals surface area contributed by atoms with E-state index < -0.39 is 12.1 Å². The van der Waals surface area contributed by atoms with Gasteiger partial charge in [0.15, 0.2) is 6.21 Å². The first-order valence-electron chi connectivity index (χ1n) is 3.55. The molecule has 0 aromatic carbocycles. The van der Waals surface area contributed by atoms with Gasteiger partial charge in [-0.3, -0.25) is 5.10 Å². The molecule has 0 spiro atoms. The summed E-state index contributed by atoms with van der Waals surface area (Å²) in [7, 11) is 0. The number of hydrogen-bond donors (Lipinski definition) is 2. The largest absolute Gasteiger partial charge is 0.477 e. The molecule has 14 heavy (non-hydrogen) atoms. The van der Waals surface area contributed by atoms with Gasteiger partial charge in [-0.25, -0.2) is 4.79 Å². The van der Waals surface area contributed by atoms with Gasteiger partial charge in [-0.1, -0.05) is 5.16 Å². The predicted molar refractivity (Wildman–Crippen MR) is 44.2 cm³/mol. The molecule has 0 radical (unpaired) electrons. The van der Waals surface area contributed by atoms with Crippen molar-refractivity contribution in [3.05, 3.63) is 18.0 Å². The number of aromatic nitrogens is 2. The van der Waals surface area contributed by atoms with Gasteiger partial charge < -0.3 is 9.94 Å². The highest BCUT2D eigenvalue weighted by atomic mass is 16.6. The lowest BCUT2D eigenvalue weighted by Gasteiger charge is -2.01. The van der Waals surface area contributed by atoms with E-state index in [9.17, 15) is 4.79 Å². The Morgan fingerprint density at radius 3 is 3.21 bits per heavy atom. The summed E-state index contributed by atoms with van der Waals surface area (Å²) in [6, 6.07) is 3.30. The molecule has 1 unspecified atom stereocenters. The average molecular weight is 194 g/mol. The zero-order valence-electron chi connectivity index (χ0n) is 6.91. The summed E-state index contributed by atoms with van der Waals surface area (Å²) in [5.41, 5.74) is 0.343. The molecule has 0 aliphatic rings. The van der Waals surface area contributed by atoms with E-state index in [2.05, 4.69) is 20.2 Å². The summed E-state index contributed by atoms with van der Waals surface area (Å²) >= 11 is 0. The van der Waals surface area contributed by atoms with Gasteiger partial charge in [-0.15, -0.1) is 0 Å². The molecule has 0 fully saturated rings. The highest BCUT2D eigenvalue weighted by Gasteiger charge is 2.13. The molecule has 0 aliphatic carbocycles. The van der Waals surface area contributed by atoms with E-state index in [0.29, 0.717) is 11.9 Å². The number of carboxylic acids is 1. The van der Waals surface area contributed by atoms with Gasteiger partial charge in [0.2, 0.25) is 0 Å². The third kappa shape index (κ3) is 2.60.